The van der Waals surface area contributed by atoms with Crippen molar-refractivity contribution in [1.82, 2.24) is 15.3 Å². The van der Waals surface area contributed by atoms with Gasteiger partial charge < -0.3 is 15.0 Å². The lowest BCUT2D eigenvalue weighted by Crippen LogP contribution is -2.25. The van der Waals surface area contributed by atoms with Crippen LogP contribution in [0.4, 0.5) is 0 Å². The Bertz CT molecular complexity index is 1260. The first kappa shape index (κ1) is 24.8. The average Bonchev–Trinajstić information content (AvgIpc) is 3.39. The zero-order valence-corrected chi connectivity index (χ0v) is 21.3. The van der Waals surface area contributed by atoms with Gasteiger partial charge in [-0.25, -0.2) is 4.98 Å². The van der Waals surface area contributed by atoms with E-state index in [4.69, 9.17) is 4.74 Å². The summed E-state index contributed by atoms with van der Waals surface area (Å²) in [7, 11) is 1.77. The topological polar surface area (TPSA) is 86.1 Å². The Morgan fingerprint density at radius 2 is 2.23 bits per heavy atom. The second-order valence-electron chi connectivity index (χ2n) is 8.78. The van der Waals surface area contributed by atoms with Crippen LogP contribution in [0.2, 0.25) is 0 Å². The van der Waals surface area contributed by atoms with Gasteiger partial charge >= 0.3 is 0 Å². The van der Waals surface area contributed by atoms with E-state index in [2.05, 4.69) is 51.1 Å². The van der Waals surface area contributed by atoms with Gasteiger partial charge in [0.25, 0.3) is 0 Å². The molecule has 2 aromatic carbocycles. The van der Waals surface area contributed by atoms with E-state index < -0.39 is 0 Å². The van der Waals surface area contributed by atoms with Crippen molar-refractivity contribution >= 4 is 21.7 Å². The molecule has 2 N–H and O–H groups in total. The molecule has 0 unspecified atom stereocenters. The minimum absolute atomic E-state index is 0.00284. The number of thioether (sulfide) groups is 1. The van der Waals surface area contributed by atoms with Crippen LogP contribution in [0.15, 0.2) is 60.4 Å². The summed E-state index contributed by atoms with van der Waals surface area (Å²) in [5, 5.41) is 14.1. The van der Waals surface area contributed by atoms with E-state index in [0.29, 0.717) is 17.9 Å². The van der Waals surface area contributed by atoms with E-state index in [-0.39, 0.29) is 12.1 Å². The fourth-order valence-electron chi connectivity index (χ4n) is 4.45. The highest BCUT2D eigenvalue weighted by atomic mass is 32.2. The molecule has 1 aliphatic carbocycles. The van der Waals surface area contributed by atoms with Crippen molar-refractivity contribution in [2.75, 3.05) is 7.05 Å². The van der Waals surface area contributed by atoms with Crippen LogP contribution < -0.4 is 10.1 Å². The minimum atomic E-state index is 0.00284. The Kier molecular flexibility index (Phi) is 8.06. The van der Waals surface area contributed by atoms with E-state index in [1.54, 1.807) is 25.0 Å². The summed E-state index contributed by atoms with van der Waals surface area (Å²) in [6.45, 7) is 9.02. The lowest BCUT2D eigenvalue weighted by Gasteiger charge is -2.28. The number of hydrogen-bond acceptors (Lipinski definition) is 6. The van der Waals surface area contributed by atoms with Crippen LogP contribution >= 0.6 is 11.8 Å². The fraction of sp³-hybridized carbons (Fsp3) is 0.321. The van der Waals surface area contributed by atoms with E-state index in [0.717, 1.165) is 40.6 Å². The summed E-state index contributed by atoms with van der Waals surface area (Å²) >= 11 is 1.55. The molecular formula is C28H31N5OS. The van der Waals surface area contributed by atoms with Crippen molar-refractivity contribution in [3.8, 4) is 11.8 Å². The number of nitrogens with zero attached hydrogens (tertiary/aromatic N) is 3. The van der Waals surface area contributed by atoms with E-state index in [1.165, 1.54) is 16.7 Å². The predicted molar refractivity (Wildman–Crippen MR) is 144 cm³/mol. The number of aromatic amines is 1. The maximum absolute atomic E-state index is 9.63. The van der Waals surface area contributed by atoms with Gasteiger partial charge in [-0.3, -0.25) is 4.99 Å². The van der Waals surface area contributed by atoms with E-state index in [1.807, 2.05) is 38.2 Å². The molecule has 6 nitrogen and oxygen atoms in total. The fourth-order valence-corrected chi connectivity index (χ4v) is 5.32. The number of rotatable bonds is 8. The van der Waals surface area contributed by atoms with Gasteiger partial charge in [0.15, 0.2) is 0 Å². The molecule has 3 aromatic rings. The molecule has 0 spiro atoms. The maximum atomic E-state index is 9.63. The molecular weight excluding hydrogens is 454 g/mol. The Labute approximate surface area is 211 Å². The second-order valence-corrected chi connectivity index (χ2v) is 9.86. The summed E-state index contributed by atoms with van der Waals surface area (Å²) in [6.07, 6.45) is 6.88. The molecule has 1 aromatic heterocycles. The number of aromatic nitrogens is 2. The number of fused-ring (bicyclic) bond motifs is 1. The zero-order chi connectivity index (χ0) is 24.8. The first-order valence-electron chi connectivity index (χ1n) is 11.9. The summed E-state index contributed by atoms with van der Waals surface area (Å²) in [4.78, 5) is 13.0. The number of imidazole rings is 1. The molecule has 1 heterocycles. The molecule has 0 amide bonds. The van der Waals surface area contributed by atoms with Crippen LogP contribution in [0.25, 0.3) is 4.91 Å². The minimum Gasteiger partial charge on any atom is -0.490 e. The molecule has 0 saturated heterocycles. The van der Waals surface area contributed by atoms with Gasteiger partial charge in [-0.05, 0) is 68.0 Å². The smallest absolute Gasteiger partial charge is 0.137 e. The van der Waals surface area contributed by atoms with Gasteiger partial charge in [0.1, 0.15) is 22.7 Å². The Balaban J connectivity index is 1.54. The summed E-state index contributed by atoms with van der Waals surface area (Å²) in [6, 6.07) is 14.7. The van der Waals surface area contributed by atoms with Crippen molar-refractivity contribution < 1.29 is 4.74 Å². The summed E-state index contributed by atoms with van der Waals surface area (Å²) in [5.74, 6) is 1.54. The number of aliphatic imine (C=N–C) groups is 1. The molecule has 1 atom stereocenters. The Morgan fingerprint density at radius 3 is 2.94 bits per heavy atom. The van der Waals surface area contributed by atoms with Crippen molar-refractivity contribution in [2.24, 2.45) is 4.99 Å². The molecule has 35 heavy (non-hydrogen) atoms. The number of ether oxygens (including phenoxy) is 1. The monoisotopic (exact) mass is 485 g/mol. The summed E-state index contributed by atoms with van der Waals surface area (Å²) in [5.41, 5.74) is 5.24. The van der Waals surface area contributed by atoms with Crippen molar-refractivity contribution in [3.05, 3.63) is 89.0 Å². The SMILES string of the molecule is C=C(SC(=NC)c1ccc(OC(C)C)c(C#N)c1)c1cccc2c1CCC[C@@H]2NCc1ncc[nH]1. The third-order valence-electron chi connectivity index (χ3n) is 6.01. The number of nitriles is 1. The lowest BCUT2D eigenvalue weighted by atomic mass is 9.84. The standard InChI is InChI=1S/C28H31N5OS/c1-18(2)34-26-12-11-20(15-21(26)16-29)28(30-4)35-19(3)22-7-5-9-24-23(22)8-6-10-25(24)33-17-27-31-13-14-32-27/h5,7,9,11-15,18,25,33H,3,6,8,10,17H2,1-2,4H3,(H,31,32)/t25-/m0/s1. The highest BCUT2D eigenvalue weighted by molar-refractivity contribution is 8.22. The normalized spacial score (nSPS) is 15.5. The van der Waals surface area contributed by atoms with Crippen molar-refractivity contribution in [1.29, 1.82) is 5.26 Å². The van der Waals surface area contributed by atoms with E-state index in [9.17, 15) is 5.26 Å². The summed E-state index contributed by atoms with van der Waals surface area (Å²) < 4.78 is 5.77. The van der Waals surface area contributed by atoms with Crippen LogP contribution in [0.3, 0.4) is 0 Å². The number of H-pyrrole nitrogens is 1. The largest absolute Gasteiger partial charge is 0.490 e. The van der Waals surface area contributed by atoms with Crippen LogP contribution in [-0.4, -0.2) is 28.2 Å². The van der Waals surface area contributed by atoms with Gasteiger partial charge in [0.2, 0.25) is 0 Å². The third kappa shape index (κ3) is 5.84. The molecule has 4 rings (SSSR count). The van der Waals surface area contributed by atoms with Gasteiger partial charge in [0, 0.05) is 36.0 Å². The third-order valence-corrected chi connectivity index (χ3v) is 7.09. The Morgan fingerprint density at radius 1 is 1.37 bits per heavy atom. The number of benzene rings is 2. The quantitative estimate of drug-likeness (QED) is 0.301. The highest BCUT2D eigenvalue weighted by Crippen LogP contribution is 2.38. The molecule has 180 valence electrons. The molecule has 0 aliphatic heterocycles. The van der Waals surface area contributed by atoms with Crippen molar-refractivity contribution in [2.45, 2.75) is 51.8 Å². The van der Waals surface area contributed by atoms with E-state index >= 15 is 0 Å². The molecule has 0 radical (unpaired) electrons. The van der Waals surface area contributed by atoms with Gasteiger partial charge in [-0.1, -0.05) is 36.5 Å². The second kappa shape index (κ2) is 11.4. The Hall–Kier alpha value is -3.34. The zero-order valence-electron chi connectivity index (χ0n) is 20.5. The first-order valence-corrected chi connectivity index (χ1v) is 12.7. The molecule has 0 fully saturated rings. The maximum Gasteiger partial charge on any atom is 0.137 e. The van der Waals surface area contributed by atoms with Crippen molar-refractivity contribution in [3.63, 3.8) is 0 Å². The number of hydrogen-bond donors (Lipinski definition) is 2. The molecule has 7 heteroatoms. The van der Waals surface area contributed by atoms with Crippen LogP contribution in [0.1, 0.15) is 66.4 Å². The lowest BCUT2D eigenvalue weighted by molar-refractivity contribution is 0.241. The molecule has 1 aliphatic rings. The highest BCUT2D eigenvalue weighted by Gasteiger charge is 2.23. The van der Waals surface area contributed by atoms with Crippen LogP contribution in [0.5, 0.6) is 5.75 Å². The van der Waals surface area contributed by atoms with Gasteiger partial charge in [-0.2, -0.15) is 5.26 Å². The first-order chi connectivity index (χ1) is 17.0. The molecule has 0 bridgehead atoms. The van der Waals surface area contributed by atoms with Gasteiger partial charge in [0.05, 0.1) is 18.2 Å². The van der Waals surface area contributed by atoms with Gasteiger partial charge in [-0.15, -0.1) is 0 Å². The number of nitrogens with one attached hydrogen (secondary N) is 2. The average molecular weight is 486 g/mol. The predicted octanol–water partition coefficient (Wildman–Crippen LogP) is 6.02. The molecule has 0 saturated carbocycles. The van der Waals surface area contributed by atoms with Crippen LogP contribution in [-0.2, 0) is 13.0 Å². The van der Waals surface area contributed by atoms with Crippen LogP contribution in [0, 0.1) is 11.3 Å².